The molecule has 6 nitrogen and oxygen atoms in total. The van der Waals surface area contributed by atoms with Gasteiger partial charge in [-0.1, -0.05) is 0 Å². The Morgan fingerprint density at radius 3 is 2.41 bits per heavy atom. The van der Waals surface area contributed by atoms with Crippen molar-refractivity contribution >= 4 is 26.7 Å². The molecule has 2 N–H and O–H groups in total. The maximum absolute atomic E-state index is 11.5. The van der Waals surface area contributed by atoms with Crippen molar-refractivity contribution in [2.45, 2.75) is 18.7 Å². The minimum Gasteiger partial charge on any atom is -0.383 e. The molecule has 7 heteroatoms. The van der Waals surface area contributed by atoms with Crippen molar-refractivity contribution in [1.29, 1.82) is 0 Å². The van der Waals surface area contributed by atoms with E-state index in [0.717, 1.165) is 6.26 Å². The van der Waals surface area contributed by atoms with Crippen molar-refractivity contribution in [3.05, 3.63) is 17.6 Å². The van der Waals surface area contributed by atoms with E-state index in [1.54, 1.807) is 13.8 Å². The van der Waals surface area contributed by atoms with E-state index in [0.29, 0.717) is 22.6 Å². The number of aryl methyl sites for hydroxylation is 2. The van der Waals surface area contributed by atoms with Crippen LogP contribution in [0.25, 0.3) is 11.0 Å². The predicted octanol–water partition coefficient (Wildman–Crippen LogP) is 0.627. The molecule has 0 radical (unpaired) electrons. The smallest absolute Gasteiger partial charge is 0.179 e. The molecule has 2 aromatic rings. The lowest BCUT2D eigenvalue weighted by Crippen LogP contribution is -2.06. The zero-order valence-electron chi connectivity index (χ0n) is 9.72. The summed E-state index contributed by atoms with van der Waals surface area (Å²) in [6.45, 7) is 3.52. The predicted molar refractivity (Wildman–Crippen MR) is 64.3 cm³/mol. The first-order valence-corrected chi connectivity index (χ1v) is 6.79. The number of sulfone groups is 1. The monoisotopic (exact) mass is 252 g/mol. The molecule has 0 aliphatic heterocycles. The van der Waals surface area contributed by atoms with Crippen LogP contribution in [0.2, 0.25) is 0 Å². The van der Waals surface area contributed by atoms with E-state index in [-0.39, 0.29) is 10.7 Å². The second-order valence-electron chi connectivity index (χ2n) is 3.87. The van der Waals surface area contributed by atoms with Gasteiger partial charge in [-0.2, -0.15) is 0 Å². The molecule has 0 aliphatic carbocycles. The number of fused-ring (bicyclic) bond motifs is 1. The molecule has 0 saturated heterocycles. The van der Waals surface area contributed by atoms with Gasteiger partial charge in [0, 0.05) is 11.6 Å². The molecule has 0 atom stereocenters. The largest absolute Gasteiger partial charge is 0.383 e. The quantitative estimate of drug-likeness (QED) is 0.799. The van der Waals surface area contributed by atoms with Gasteiger partial charge in [0.1, 0.15) is 16.5 Å². The summed E-state index contributed by atoms with van der Waals surface area (Å²) in [5.41, 5.74) is 6.72. The Morgan fingerprint density at radius 1 is 1.18 bits per heavy atom. The van der Waals surface area contributed by atoms with Gasteiger partial charge in [0.15, 0.2) is 15.5 Å². The highest BCUT2D eigenvalue weighted by Crippen LogP contribution is 2.22. The minimum absolute atomic E-state index is 0.0144. The molecule has 0 aliphatic rings. The number of nitrogens with two attached hydrogens (primary N) is 1. The Labute approximate surface area is 98.8 Å². The molecule has 0 bridgehead atoms. The normalized spacial score (nSPS) is 11.9. The first-order chi connectivity index (χ1) is 7.79. The van der Waals surface area contributed by atoms with E-state index in [1.165, 1.54) is 6.07 Å². The third kappa shape index (κ3) is 2.05. The van der Waals surface area contributed by atoms with Gasteiger partial charge < -0.3 is 5.73 Å². The van der Waals surface area contributed by atoms with Crippen LogP contribution in [-0.4, -0.2) is 29.6 Å². The summed E-state index contributed by atoms with van der Waals surface area (Å²) in [6, 6.07) is 1.47. The molecule has 0 amide bonds. The van der Waals surface area contributed by atoms with Gasteiger partial charge in [0.05, 0.1) is 5.69 Å². The summed E-state index contributed by atoms with van der Waals surface area (Å²) in [5, 5.41) is 0.602. The second-order valence-corrected chi connectivity index (χ2v) is 5.86. The maximum atomic E-state index is 11.5. The summed E-state index contributed by atoms with van der Waals surface area (Å²) in [4.78, 5) is 12.3. The first-order valence-electron chi connectivity index (χ1n) is 4.90. The van der Waals surface area contributed by atoms with E-state index in [4.69, 9.17) is 5.73 Å². The standard InChI is InChI=1S/C10H12N4O2S/c1-5-7-4-8(17(3,15)16)9(11)14-10(7)13-6(2)12-5/h4H,1-3H3,(H2,11,12,13,14). The highest BCUT2D eigenvalue weighted by Gasteiger charge is 2.16. The van der Waals surface area contributed by atoms with Gasteiger partial charge in [0.2, 0.25) is 0 Å². The van der Waals surface area contributed by atoms with Crippen LogP contribution in [0.1, 0.15) is 11.5 Å². The van der Waals surface area contributed by atoms with Crippen molar-refractivity contribution in [2.75, 3.05) is 12.0 Å². The van der Waals surface area contributed by atoms with Crippen LogP contribution in [0.3, 0.4) is 0 Å². The van der Waals surface area contributed by atoms with Crippen LogP contribution in [0.5, 0.6) is 0 Å². The van der Waals surface area contributed by atoms with Gasteiger partial charge in [-0.05, 0) is 19.9 Å². The highest BCUT2D eigenvalue weighted by molar-refractivity contribution is 7.90. The van der Waals surface area contributed by atoms with Crippen LogP contribution in [0.15, 0.2) is 11.0 Å². The number of anilines is 1. The van der Waals surface area contributed by atoms with Gasteiger partial charge >= 0.3 is 0 Å². The molecule has 2 heterocycles. The van der Waals surface area contributed by atoms with Gasteiger partial charge in [-0.3, -0.25) is 0 Å². The Hall–Kier alpha value is -1.76. The fourth-order valence-electron chi connectivity index (χ4n) is 1.63. The Bertz CT molecular complexity index is 710. The number of hydrogen-bond donors (Lipinski definition) is 1. The van der Waals surface area contributed by atoms with Crippen molar-refractivity contribution in [3.63, 3.8) is 0 Å². The van der Waals surface area contributed by atoms with Crippen LogP contribution in [0, 0.1) is 13.8 Å². The molecular weight excluding hydrogens is 240 g/mol. The van der Waals surface area contributed by atoms with Crippen LogP contribution >= 0.6 is 0 Å². The number of aromatic nitrogens is 3. The van der Waals surface area contributed by atoms with E-state index >= 15 is 0 Å². The summed E-state index contributed by atoms with van der Waals surface area (Å²) in [6.07, 6.45) is 1.09. The lowest BCUT2D eigenvalue weighted by molar-refractivity contribution is 0.602. The first kappa shape index (κ1) is 11.7. The van der Waals surface area contributed by atoms with Crippen LogP contribution in [0.4, 0.5) is 5.82 Å². The number of hydrogen-bond acceptors (Lipinski definition) is 6. The van der Waals surface area contributed by atoms with E-state index in [1.807, 2.05) is 0 Å². The number of nitrogen functional groups attached to an aromatic ring is 1. The number of rotatable bonds is 1. The second kappa shape index (κ2) is 3.63. The van der Waals surface area contributed by atoms with Crippen molar-refractivity contribution in [1.82, 2.24) is 15.0 Å². The van der Waals surface area contributed by atoms with Crippen LogP contribution < -0.4 is 5.73 Å². The van der Waals surface area contributed by atoms with Gasteiger partial charge in [-0.15, -0.1) is 0 Å². The SMILES string of the molecule is Cc1nc(C)c2cc(S(C)(=O)=O)c(N)nc2n1. The molecule has 2 rings (SSSR count). The van der Waals surface area contributed by atoms with E-state index < -0.39 is 9.84 Å². The summed E-state index contributed by atoms with van der Waals surface area (Å²) < 4.78 is 23.0. The average Bonchev–Trinajstić information content (AvgIpc) is 2.13. The van der Waals surface area contributed by atoms with Crippen molar-refractivity contribution in [2.24, 2.45) is 0 Å². The molecule has 0 aromatic carbocycles. The molecule has 2 aromatic heterocycles. The molecule has 0 saturated carbocycles. The molecular formula is C10H12N4O2S. The molecule has 0 spiro atoms. The van der Waals surface area contributed by atoms with Crippen molar-refractivity contribution < 1.29 is 8.42 Å². The summed E-state index contributed by atoms with van der Waals surface area (Å²) in [5.74, 6) is 0.548. The molecule has 0 fully saturated rings. The third-order valence-electron chi connectivity index (χ3n) is 2.38. The van der Waals surface area contributed by atoms with Gasteiger partial charge in [0.25, 0.3) is 0 Å². The highest BCUT2D eigenvalue weighted by atomic mass is 32.2. The fourth-order valence-corrected chi connectivity index (χ4v) is 2.39. The molecule has 17 heavy (non-hydrogen) atoms. The van der Waals surface area contributed by atoms with Crippen LogP contribution in [-0.2, 0) is 9.84 Å². The number of nitrogens with zero attached hydrogens (tertiary/aromatic N) is 3. The average molecular weight is 252 g/mol. The minimum atomic E-state index is -3.39. The Morgan fingerprint density at radius 2 is 1.82 bits per heavy atom. The van der Waals surface area contributed by atoms with E-state index in [9.17, 15) is 8.42 Å². The zero-order chi connectivity index (χ0) is 12.8. The number of pyridine rings is 1. The molecule has 0 unspecified atom stereocenters. The Balaban J connectivity index is 2.91. The molecule has 90 valence electrons. The maximum Gasteiger partial charge on any atom is 0.179 e. The summed E-state index contributed by atoms with van der Waals surface area (Å²) in [7, 11) is -3.39. The topological polar surface area (TPSA) is 98.8 Å². The third-order valence-corrected chi connectivity index (χ3v) is 3.51. The van der Waals surface area contributed by atoms with E-state index in [2.05, 4.69) is 15.0 Å². The lowest BCUT2D eigenvalue weighted by Gasteiger charge is -2.06. The van der Waals surface area contributed by atoms with Gasteiger partial charge in [-0.25, -0.2) is 23.4 Å². The fraction of sp³-hybridized carbons (Fsp3) is 0.300. The lowest BCUT2D eigenvalue weighted by atomic mass is 10.2. The Kier molecular flexibility index (Phi) is 2.50. The van der Waals surface area contributed by atoms with Crippen molar-refractivity contribution in [3.8, 4) is 0 Å². The zero-order valence-corrected chi connectivity index (χ0v) is 10.5. The summed E-state index contributed by atoms with van der Waals surface area (Å²) >= 11 is 0.